The zero-order valence-corrected chi connectivity index (χ0v) is 11.6. The molecule has 6 heteroatoms. The van der Waals surface area contributed by atoms with E-state index in [-0.39, 0.29) is 11.6 Å². The Balaban J connectivity index is 2.20. The van der Waals surface area contributed by atoms with E-state index in [9.17, 15) is 18.0 Å². The van der Waals surface area contributed by atoms with Gasteiger partial charge in [0.25, 0.3) is 5.91 Å². The standard InChI is InChI=1S/C13H13BrF3NO/c14-11-6-5-8(13(15,16)17)7-10(11)12(19)18-9-3-1-2-4-9/h5-7,9H,1-4H2,(H,18,19). The number of halogens is 4. The number of rotatable bonds is 2. The molecule has 104 valence electrons. The predicted molar refractivity (Wildman–Crippen MR) is 68.9 cm³/mol. The summed E-state index contributed by atoms with van der Waals surface area (Å²) in [5, 5.41) is 2.78. The maximum absolute atomic E-state index is 12.6. The summed E-state index contributed by atoms with van der Waals surface area (Å²) in [6.45, 7) is 0. The fourth-order valence-corrected chi connectivity index (χ4v) is 2.64. The number of carbonyl (C=O) groups is 1. The van der Waals surface area contributed by atoms with Crippen molar-refractivity contribution in [1.82, 2.24) is 5.32 Å². The molecule has 1 saturated carbocycles. The summed E-state index contributed by atoms with van der Waals surface area (Å²) >= 11 is 3.12. The summed E-state index contributed by atoms with van der Waals surface area (Å²) in [5.41, 5.74) is -0.783. The predicted octanol–water partition coefficient (Wildman–Crippen LogP) is 4.14. The second kappa shape index (κ2) is 5.53. The van der Waals surface area contributed by atoms with Gasteiger partial charge in [-0.25, -0.2) is 0 Å². The van der Waals surface area contributed by atoms with E-state index < -0.39 is 17.6 Å². The van der Waals surface area contributed by atoms with E-state index in [2.05, 4.69) is 21.2 Å². The van der Waals surface area contributed by atoms with E-state index in [0.29, 0.717) is 4.47 Å². The Morgan fingerprint density at radius 3 is 2.47 bits per heavy atom. The number of carbonyl (C=O) groups excluding carboxylic acids is 1. The molecular formula is C13H13BrF3NO. The zero-order chi connectivity index (χ0) is 14.0. The number of alkyl halides is 3. The molecule has 1 aromatic rings. The van der Waals surface area contributed by atoms with Gasteiger partial charge in [0.2, 0.25) is 0 Å². The van der Waals surface area contributed by atoms with Crippen molar-refractivity contribution < 1.29 is 18.0 Å². The minimum absolute atomic E-state index is 0.0294. The Bertz CT molecular complexity index is 481. The van der Waals surface area contributed by atoms with Gasteiger partial charge >= 0.3 is 6.18 Å². The Morgan fingerprint density at radius 2 is 1.89 bits per heavy atom. The third kappa shape index (κ3) is 3.49. The maximum Gasteiger partial charge on any atom is 0.416 e. The SMILES string of the molecule is O=C(NC1CCCC1)c1cc(C(F)(F)F)ccc1Br. The van der Waals surface area contributed by atoms with Crippen molar-refractivity contribution in [3.63, 3.8) is 0 Å². The van der Waals surface area contributed by atoms with Crippen LogP contribution in [0.1, 0.15) is 41.6 Å². The summed E-state index contributed by atoms with van der Waals surface area (Å²) in [6.07, 6.45) is -0.558. The molecule has 1 aromatic carbocycles. The highest BCUT2D eigenvalue weighted by Crippen LogP contribution is 2.32. The van der Waals surface area contributed by atoms with Gasteiger partial charge in [-0.1, -0.05) is 12.8 Å². The average molecular weight is 336 g/mol. The summed E-state index contributed by atoms with van der Waals surface area (Å²) in [6, 6.07) is 3.17. The first kappa shape index (κ1) is 14.4. The second-order valence-corrected chi connectivity index (χ2v) is 5.50. The smallest absolute Gasteiger partial charge is 0.349 e. The third-order valence-corrected chi connectivity index (χ3v) is 3.92. The molecule has 19 heavy (non-hydrogen) atoms. The van der Waals surface area contributed by atoms with Crippen LogP contribution in [0.2, 0.25) is 0 Å². The van der Waals surface area contributed by atoms with Crippen LogP contribution in [0.15, 0.2) is 22.7 Å². The molecular weight excluding hydrogens is 323 g/mol. The molecule has 0 bridgehead atoms. The van der Waals surface area contributed by atoms with Gasteiger partial charge < -0.3 is 5.32 Å². The third-order valence-electron chi connectivity index (χ3n) is 3.23. The zero-order valence-electron chi connectivity index (χ0n) is 10.1. The van der Waals surface area contributed by atoms with E-state index in [1.165, 1.54) is 6.07 Å². The van der Waals surface area contributed by atoms with E-state index in [1.807, 2.05) is 0 Å². The van der Waals surface area contributed by atoms with Gasteiger partial charge in [-0.2, -0.15) is 13.2 Å². The average Bonchev–Trinajstić information content (AvgIpc) is 2.80. The topological polar surface area (TPSA) is 29.1 Å². The number of hydrogen-bond donors (Lipinski definition) is 1. The van der Waals surface area contributed by atoms with E-state index in [1.54, 1.807) is 0 Å². The molecule has 0 spiro atoms. The largest absolute Gasteiger partial charge is 0.416 e. The van der Waals surface area contributed by atoms with Gasteiger partial charge in [-0.15, -0.1) is 0 Å². The van der Waals surface area contributed by atoms with Crippen molar-refractivity contribution in [3.8, 4) is 0 Å². The molecule has 0 aromatic heterocycles. The molecule has 2 nitrogen and oxygen atoms in total. The van der Waals surface area contributed by atoms with Crippen molar-refractivity contribution in [1.29, 1.82) is 0 Å². The maximum atomic E-state index is 12.6. The summed E-state index contributed by atoms with van der Waals surface area (Å²) in [5.74, 6) is -0.454. The first-order valence-corrected chi connectivity index (χ1v) is 6.85. The monoisotopic (exact) mass is 335 g/mol. The van der Waals surface area contributed by atoms with Crippen molar-refractivity contribution in [2.75, 3.05) is 0 Å². The summed E-state index contributed by atoms with van der Waals surface area (Å²) in [4.78, 5) is 12.0. The van der Waals surface area contributed by atoms with Gasteiger partial charge in [-0.3, -0.25) is 4.79 Å². The van der Waals surface area contributed by atoms with Gasteiger partial charge in [0.15, 0.2) is 0 Å². The van der Waals surface area contributed by atoms with E-state index in [4.69, 9.17) is 0 Å². The van der Waals surface area contributed by atoms with Crippen LogP contribution < -0.4 is 5.32 Å². The molecule has 1 aliphatic carbocycles. The Kier molecular flexibility index (Phi) is 4.18. The molecule has 0 aliphatic heterocycles. The van der Waals surface area contributed by atoms with Crippen LogP contribution in [0.25, 0.3) is 0 Å². The van der Waals surface area contributed by atoms with Crippen LogP contribution in [0.3, 0.4) is 0 Å². The van der Waals surface area contributed by atoms with Crippen LogP contribution in [0, 0.1) is 0 Å². The molecule has 0 radical (unpaired) electrons. The highest BCUT2D eigenvalue weighted by molar-refractivity contribution is 9.10. The van der Waals surface area contributed by atoms with Gasteiger partial charge in [0, 0.05) is 10.5 Å². The number of hydrogen-bond acceptors (Lipinski definition) is 1. The van der Waals surface area contributed by atoms with Crippen molar-refractivity contribution in [2.24, 2.45) is 0 Å². The minimum Gasteiger partial charge on any atom is -0.349 e. The van der Waals surface area contributed by atoms with Crippen LogP contribution >= 0.6 is 15.9 Å². The van der Waals surface area contributed by atoms with Gasteiger partial charge in [0.05, 0.1) is 11.1 Å². The second-order valence-electron chi connectivity index (χ2n) is 4.65. The van der Waals surface area contributed by atoms with E-state index >= 15 is 0 Å². The van der Waals surface area contributed by atoms with Crippen LogP contribution in [0.5, 0.6) is 0 Å². The molecule has 1 amide bonds. The first-order valence-electron chi connectivity index (χ1n) is 6.05. The van der Waals surface area contributed by atoms with Gasteiger partial charge in [0.1, 0.15) is 0 Å². The molecule has 0 atom stereocenters. The Morgan fingerprint density at radius 1 is 1.26 bits per heavy atom. The highest BCUT2D eigenvalue weighted by Gasteiger charge is 2.31. The lowest BCUT2D eigenvalue weighted by atomic mass is 10.1. The normalized spacial score (nSPS) is 16.6. The quantitative estimate of drug-likeness (QED) is 0.864. The lowest BCUT2D eigenvalue weighted by Crippen LogP contribution is -2.33. The Labute approximate surface area is 117 Å². The lowest BCUT2D eigenvalue weighted by Gasteiger charge is -2.14. The number of nitrogens with one attached hydrogen (secondary N) is 1. The van der Waals surface area contributed by atoms with Crippen LogP contribution in [-0.4, -0.2) is 11.9 Å². The van der Waals surface area contributed by atoms with Crippen molar-refractivity contribution >= 4 is 21.8 Å². The van der Waals surface area contributed by atoms with E-state index in [0.717, 1.165) is 37.8 Å². The van der Waals surface area contributed by atoms with Crippen LogP contribution in [0.4, 0.5) is 13.2 Å². The fourth-order valence-electron chi connectivity index (χ4n) is 2.21. The Hall–Kier alpha value is -1.04. The molecule has 1 fully saturated rings. The first-order chi connectivity index (χ1) is 8.88. The fraction of sp³-hybridized carbons (Fsp3) is 0.462. The molecule has 1 aliphatic rings. The van der Waals surface area contributed by atoms with Gasteiger partial charge in [-0.05, 0) is 47.0 Å². The van der Waals surface area contributed by atoms with Crippen molar-refractivity contribution in [3.05, 3.63) is 33.8 Å². The lowest BCUT2D eigenvalue weighted by molar-refractivity contribution is -0.137. The molecule has 2 rings (SSSR count). The number of amides is 1. The summed E-state index contributed by atoms with van der Waals surface area (Å²) < 4.78 is 38.2. The summed E-state index contributed by atoms with van der Waals surface area (Å²) in [7, 11) is 0. The van der Waals surface area contributed by atoms with Crippen LogP contribution in [-0.2, 0) is 6.18 Å². The minimum atomic E-state index is -4.44. The van der Waals surface area contributed by atoms with Crippen molar-refractivity contribution in [2.45, 2.75) is 37.9 Å². The molecule has 1 N–H and O–H groups in total. The molecule has 0 unspecified atom stereocenters. The highest BCUT2D eigenvalue weighted by atomic mass is 79.9. The molecule has 0 heterocycles. The molecule has 0 saturated heterocycles. The number of benzene rings is 1.